The van der Waals surface area contributed by atoms with Crippen molar-refractivity contribution in [2.24, 2.45) is 0 Å². The molecule has 0 aliphatic rings. The lowest BCUT2D eigenvalue weighted by molar-refractivity contribution is 0.580. The summed E-state index contributed by atoms with van der Waals surface area (Å²) in [6, 6.07) is 11.0. The number of pyridine rings is 1. The maximum atomic E-state index is 12.5. The molecule has 0 spiro atoms. The minimum atomic E-state index is -3.57. The van der Waals surface area contributed by atoms with Crippen LogP contribution >= 0.6 is 11.3 Å². The Bertz CT molecular complexity index is 951. The van der Waals surface area contributed by atoms with Gasteiger partial charge in [-0.1, -0.05) is 18.2 Å². The van der Waals surface area contributed by atoms with E-state index in [1.165, 1.54) is 11.3 Å². The highest BCUT2D eigenvalue weighted by atomic mass is 32.2. The van der Waals surface area contributed by atoms with Gasteiger partial charge in [0.1, 0.15) is 5.01 Å². The topological polar surface area (TPSA) is 72.0 Å². The fourth-order valence-corrected chi connectivity index (χ4v) is 4.39. The third-order valence-electron chi connectivity index (χ3n) is 3.53. The van der Waals surface area contributed by atoms with Crippen LogP contribution < -0.4 is 4.72 Å². The van der Waals surface area contributed by atoms with Crippen LogP contribution in [0.4, 0.5) is 0 Å². The molecule has 1 N–H and O–H groups in total. The monoisotopic (exact) mass is 359 g/mol. The first-order chi connectivity index (χ1) is 11.5. The number of aromatic nitrogens is 2. The molecule has 7 heteroatoms. The third-order valence-corrected chi connectivity index (χ3v) is 5.92. The van der Waals surface area contributed by atoms with Crippen molar-refractivity contribution >= 4 is 21.4 Å². The van der Waals surface area contributed by atoms with Gasteiger partial charge in [0.15, 0.2) is 0 Å². The average Bonchev–Trinajstić information content (AvgIpc) is 3.05. The Labute approximate surface area is 145 Å². The predicted octanol–water partition coefficient (Wildman–Crippen LogP) is 3.30. The zero-order valence-corrected chi connectivity index (χ0v) is 15.0. The number of thiazole rings is 1. The number of hydrogen-bond acceptors (Lipinski definition) is 5. The summed E-state index contributed by atoms with van der Waals surface area (Å²) in [4.78, 5) is 9.00. The molecule has 24 heavy (non-hydrogen) atoms. The Hall–Kier alpha value is -2.09. The Morgan fingerprint density at radius 3 is 2.71 bits per heavy atom. The fraction of sp³-hybridized carbons (Fsp3) is 0.176. The van der Waals surface area contributed by atoms with Gasteiger partial charge in [0.25, 0.3) is 0 Å². The number of nitrogens with zero attached hydrogens (tertiary/aromatic N) is 2. The maximum Gasteiger partial charge on any atom is 0.241 e. The maximum absolute atomic E-state index is 12.5. The molecule has 2 aromatic heterocycles. The van der Waals surface area contributed by atoms with Gasteiger partial charge in [-0.2, -0.15) is 0 Å². The van der Waals surface area contributed by atoms with E-state index >= 15 is 0 Å². The number of nitrogens with one attached hydrogen (secondary N) is 1. The van der Waals surface area contributed by atoms with Crippen molar-refractivity contribution in [1.29, 1.82) is 0 Å². The highest BCUT2D eigenvalue weighted by molar-refractivity contribution is 7.89. The summed E-state index contributed by atoms with van der Waals surface area (Å²) in [5.41, 5.74) is 3.16. The number of hydrogen-bond donors (Lipinski definition) is 1. The summed E-state index contributed by atoms with van der Waals surface area (Å²) < 4.78 is 27.6. The molecule has 0 saturated carbocycles. The molecule has 3 aromatic rings. The summed E-state index contributed by atoms with van der Waals surface area (Å²) in [7, 11) is -3.57. The minimum absolute atomic E-state index is 0.160. The lowest BCUT2D eigenvalue weighted by atomic mass is 10.2. The molecule has 1 aromatic carbocycles. The van der Waals surface area contributed by atoms with Crippen molar-refractivity contribution in [3.8, 4) is 11.4 Å². The van der Waals surface area contributed by atoms with E-state index in [2.05, 4.69) is 14.7 Å². The van der Waals surface area contributed by atoms with Crippen molar-refractivity contribution in [1.82, 2.24) is 14.7 Å². The van der Waals surface area contributed by atoms with Crippen LogP contribution in [-0.4, -0.2) is 18.4 Å². The molecular formula is C17H17N3O2S2. The van der Waals surface area contributed by atoms with Gasteiger partial charge in [-0.15, -0.1) is 11.3 Å². The highest BCUT2D eigenvalue weighted by Gasteiger charge is 2.17. The summed E-state index contributed by atoms with van der Waals surface area (Å²) in [5.74, 6) is 0. The van der Waals surface area contributed by atoms with E-state index in [0.717, 1.165) is 22.5 Å². The second-order valence-corrected chi connectivity index (χ2v) is 8.11. The van der Waals surface area contributed by atoms with Crippen LogP contribution in [0.25, 0.3) is 11.4 Å². The molecule has 0 saturated heterocycles. The average molecular weight is 359 g/mol. The minimum Gasteiger partial charge on any atom is -0.255 e. The predicted molar refractivity (Wildman–Crippen MR) is 95.3 cm³/mol. The first-order valence-electron chi connectivity index (χ1n) is 7.38. The largest absolute Gasteiger partial charge is 0.255 e. The number of rotatable bonds is 5. The normalized spacial score (nSPS) is 11.6. The Balaban J connectivity index is 1.76. The number of benzene rings is 1. The zero-order valence-electron chi connectivity index (χ0n) is 13.4. The highest BCUT2D eigenvalue weighted by Crippen LogP contribution is 2.21. The quantitative estimate of drug-likeness (QED) is 0.759. The van der Waals surface area contributed by atoms with Gasteiger partial charge in [0, 0.05) is 11.6 Å². The van der Waals surface area contributed by atoms with Crippen LogP contribution in [0.2, 0.25) is 0 Å². The second-order valence-electron chi connectivity index (χ2n) is 5.43. The van der Waals surface area contributed by atoms with Gasteiger partial charge in [0.2, 0.25) is 10.0 Å². The number of aryl methyl sites for hydroxylation is 2. The van der Waals surface area contributed by atoms with Crippen molar-refractivity contribution in [3.05, 3.63) is 64.1 Å². The molecule has 0 fully saturated rings. The molecule has 0 aliphatic heterocycles. The van der Waals surface area contributed by atoms with Crippen molar-refractivity contribution in [2.45, 2.75) is 25.3 Å². The summed E-state index contributed by atoms with van der Waals surface area (Å²) in [6.07, 6.45) is 1.71. The molecule has 124 valence electrons. The van der Waals surface area contributed by atoms with Crippen LogP contribution in [0.1, 0.15) is 16.1 Å². The van der Waals surface area contributed by atoms with Gasteiger partial charge in [-0.3, -0.25) is 4.98 Å². The van der Waals surface area contributed by atoms with Crippen LogP contribution in [0.5, 0.6) is 0 Å². The smallest absolute Gasteiger partial charge is 0.241 e. The van der Waals surface area contributed by atoms with Gasteiger partial charge in [-0.05, 0) is 43.2 Å². The summed E-state index contributed by atoms with van der Waals surface area (Å²) in [5, 5.41) is 2.58. The first-order valence-corrected chi connectivity index (χ1v) is 9.75. The van der Waals surface area contributed by atoms with Gasteiger partial charge in [-0.25, -0.2) is 18.1 Å². The standard InChI is InChI=1S/C17H17N3O2S2/c1-12-6-7-13(2)16(9-12)24(21,22)19-10-17-20-15(11-23-17)14-5-3-4-8-18-14/h3-9,11,19H,10H2,1-2H3. The molecule has 0 radical (unpaired) electrons. The Morgan fingerprint density at radius 2 is 1.96 bits per heavy atom. The van der Waals surface area contributed by atoms with E-state index in [1.54, 1.807) is 19.2 Å². The van der Waals surface area contributed by atoms with Crippen LogP contribution in [0.3, 0.4) is 0 Å². The molecule has 0 aliphatic carbocycles. The summed E-state index contributed by atoms with van der Waals surface area (Å²) in [6.45, 7) is 3.82. The van der Waals surface area contributed by atoms with Gasteiger partial charge < -0.3 is 0 Å². The SMILES string of the molecule is Cc1ccc(C)c(S(=O)(=O)NCc2nc(-c3ccccn3)cs2)c1. The van der Waals surface area contributed by atoms with E-state index in [-0.39, 0.29) is 6.54 Å². The lowest BCUT2D eigenvalue weighted by Crippen LogP contribution is -2.24. The van der Waals surface area contributed by atoms with E-state index in [4.69, 9.17) is 0 Å². The van der Waals surface area contributed by atoms with Crippen molar-refractivity contribution < 1.29 is 8.42 Å². The van der Waals surface area contributed by atoms with Crippen molar-refractivity contribution in [3.63, 3.8) is 0 Å². The van der Waals surface area contributed by atoms with Crippen LogP contribution in [0.15, 0.2) is 52.9 Å². The molecule has 3 rings (SSSR count). The van der Waals surface area contributed by atoms with Gasteiger partial charge >= 0.3 is 0 Å². The Kier molecular flexibility index (Phi) is 4.75. The molecule has 2 heterocycles. The first kappa shape index (κ1) is 16.8. The fourth-order valence-electron chi connectivity index (χ4n) is 2.26. The van der Waals surface area contributed by atoms with Gasteiger partial charge in [0.05, 0.1) is 22.8 Å². The van der Waals surface area contributed by atoms with E-state index in [1.807, 2.05) is 42.6 Å². The lowest BCUT2D eigenvalue weighted by Gasteiger charge is -2.09. The third kappa shape index (κ3) is 3.69. The van der Waals surface area contributed by atoms with Crippen LogP contribution in [-0.2, 0) is 16.6 Å². The van der Waals surface area contributed by atoms with E-state index in [9.17, 15) is 8.42 Å². The van der Waals surface area contributed by atoms with Crippen LogP contribution in [0, 0.1) is 13.8 Å². The molecular weight excluding hydrogens is 342 g/mol. The molecule has 0 atom stereocenters. The molecule has 5 nitrogen and oxygen atoms in total. The van der Waals surface area contributed by atoms with Crippen molar-refractivity contribution in [2.75, 3.05) is 0 Å². The number of sulfonamides is 1. The Morgan fingerprint density at radius 1 is 1.12 bits per heavy atom. The molecule has 0 amide bonds. The molecule has 0 unspecified atom stereocenters. The second kappa shape index (κ2) is 6.80. The summed E-state index contributed by atoms with van der Waals surface area (Å²) >= 11 is 1.41. The van der Waals surface area contributed by atoms with E-state index in [0.29, 0.717) is 9.90 Å². The molecule has 0 bridgehead atoms. The zero-order chi connectivity index (χ0) is 17.2. The van der Waals surface area contributed by atoms with E-state index < -0.39 is 10.0 Å².